The Morgan fingerprint density at radius 2 is 1.92 bits per heavy atom. The zero-order valence-corrected chi connectivity index (χ0v) is 9.59. The minimum absolute atomic E-state index is 0.156. The Balaban J connectivity index is 2.94. The average Bonchev–Trinajstić information content (AvgIpc) is 2.03. The molecule has 0 saturated carbocycles. The van der Waals surface area contributed by atoms with Gasteiger partial charge in [-0.25, -0.2) is 0 Å². The van der Waals surface area contributed by atoms with E-state index in [-0.39, 0.29) is 6.10 Å². The van der Waals surface area contributed by atoms with Gasteiger partial charge in [0.1, 0.15) is 0 Å². The van der Waals surface area contributed by atoms with Crippen LogP contribution in [-0.2, 0) is 0 Å². The number of rotatable bonds is 3. The van der Waals surface area contributed by atoms with Crippen molar-refractivity contribution in [1.82, 2.24) is 0 Å². The molecule has 13 heavy (non-hydrogen) atoms. The van der Waals surface area contributed by atoms with E-state index in [0.29, 0.717) is 0 Å². The molecule has 72 valence electrons. The number of benzene rings is 1. The minimum Gasteiger partial charge on any atom is -0.493 e. The summed E-state index contributed by atoms with van der Waals surface area (Å²) in [7, 11) is 1.64. The molecule has 0 aromatic heterocycles. The number of methoxy groups -OCH3 is 1. The van der Waals surface area contributed by atoms with Crippen molar-refractivity contribution in [3.63, 3.8) is 0 Å². The SMILES string of the molecule is COc1ccc(Br)cc1OC(C)C. The zero-order chi connectivity index (χ0) is 9.84. The molecule has 1 aromatic carbocycles. The van der Waals surface area contributed by atoms with Crippen LogP contribution in [0.1, 0.15) is 13.8 Å². The number of halogens is 1. The molecule has 1 aromatic rings. The maximum absolute atomic E-state index is 5.56. The van der Waals surface area contributed by atoms with E-state index < -0.39 is 0 Å². The molecule has 2 nitrogen and oxygen atoms in total. The standard InChI is InChI=1S/C10H13BrO2/c1-7(2)13-10-6-8(11)4-5-9(10)12-3/h4-7H,1-3H3. The fraction of sp³-hybridized carbons (Fsp3) is 0.400. The van der Waals surface area contributed by atoms with E-state index in [1.807, 2.05) is 32.0 Å². The third kappa shape index (κ3) is 2.92. The van der Waals surface area contributed by atoms with Crippen molar-refractivity contribution in [3.8, 4) is 11.5 Å². The van der Waals surface area contributed by atoms with Gasteiger partial charge in [0.05, 0.1) is 13.2 Å². The second-order valence-electron chi connectivity index (χ2n) is 2.96. The van der Waals surface area contributed by atoms with Crippen LogP contribution in [0, 0.1) is 0 Å². The van der Waals surface area contributed by atoms with Gasteiger partial charge in [-0.15, -0.1) is 0 Å². The molecular formula is C10H13BrO2. The fourth-order valence-electron chi connectivity index (χ4n) is 0.997. The molecule has 0 spiro atoms. The zero-order valence-electron chi connectivity index (χ0n) is 8.00. The molecule has 0 heterocycles. The van der Waals surface area contributed by atoms with Crippen molar-refractivity contribution < 1.29 is 9.47 Å². The van der Waals surface area contributed by atoms with Crippen LogP contribution in [0.3, 0.4) is 0 Å². The molecule has 0 N–H and O–H groups in total. The molecule has 0 bridgehead atoms. The lowest BCUT2D eigenvalue weighted by atomic mass is 10.3. The normalized spacial score (nSPS) is 10.2. The van der Waals surface area contributed by atoms with Crippen LogP contribution in [0.4, 0.5) is 0 Å². The first-order chi connectivity index (χ1) is 6.13. The molecule has 1 rings (SSSR count). The van der Waals surface area contributed by atoms with E-state index in [4.69, 9.17) is 9.47 Å². The highest BCUT2D eigenvalue weighted by Crippen LogP contribution is 2.30. The maximum atomic E-state index is 5.56. The smallest absolute Gasteiger partial charge is 0.162 e. The van der Waals surface area contributed by atoms with Crippen molar-refractivity contribution >= 4 is 15.9 Å². The minimum atomic E-state index is 0.156. The lowest BCUT2D eigenvalue weighted by molar-refractivity contribution is 0.230. The van der Waals surface area contributed by atoms with Gasteiger partial charge in [0.15, 0.2) is 11.5 Å². The van der Waals surface area contributed by atoms with Gasteiger partial charge in [0.2, 0.25) is 0 Å². The van der Waals surface area contributed by atoms with E-state index in [0.717, 1.165) is 16.0 Å². The van der Waals surface area contributed by atoms with Crippen molar-refractivity contribution in [1.29, 1.82) is 0 Å². The van der Waals surface area contributed by atoms with Gasteiger partial charge in [0, 0.05) is 4.47 Å². The van der Waals surface area contributed by atoms with Crippen LogP contribution in [0.25, 0.3) is 0 Å². The predicted octanol–water partition coefficient (Wildman–Crippen LogP) is 3.24. The van der Waals surface area contributed by atoms with Gasteiger partial charge in [-0.1, -0.05) is 15.9 Å². The van der Waals surface area contributed by atoms with Crippen molar-refractivity contribution in [3.05, 3.63) is 22.7 Å². The van der Waals surface area contributed by atoms with Crippen LogP contribution in [0.2, 0.25) is 0 Å². The van der Waals surface area contributed by atoms with Gasteiger partial charge in [-0.05, 0) is 32.0 Å². The van der Waals surface area contributed by atoms with Crippen LogP contribution < -0.4 is 9.47 Å². The molecule has 0 saturated heterocycles. The number of ether oxygens (including phenoxy) is 2. The van der Waals surface area contributed by atoms with Crippen molar-refractivity contribution in [2.45, 2.75) is 20.0 Å². The molecule has 0 aliphatic rings. The second kappa shape index (κ2) is 4.51. The summed E-state index contributed by atoms with van der Waals surface area (Å²) in [6.45, 7) is 3.97. The third-order valence-electron chi connectivity index (χ3n) is 1.49. The Hall–Kier alpha value is -0.700. The Labute approximate surface area is 87.0 Å². The molecule has 0 amide bonds. The van der Waals surface area contributed by atoms with Gasteiger partial charge < -0.3 is 9.47 Å². The molecular weight excluding hydrogens is 232 g/mol. The Morgan fingerprint density at radius 1 is 1.23 bits per heavy atom. The quantitative estimate of drug-likeness (QED) is 0.813. The molecule has 3 heteroatoms. The third-order valence-corrected chi connectivity index (χ3v) is 1.98. The first-order valence-corrected chi connectivity index (χ1v) is 4.93. The maximum Gasteiger partial charge on any atom is 0.162 e. The second-order valence-corrected chi connectivity index (χ2v) is 3.88. The predicted molar refractivity (Wildman–Crippen MR) is 56.5 cm³/mol. The van der Waals surface area contributed by atoms with Crippen LogP contribution in [-0.4, -0.2) is 13.2 Å². The molecule has 0 radical (unpaired) electrons. The molecule has 0 aliphatic carbocycles. The summed E-state index contributed by atoms with van der Waals surface area (Å²) in [5.41, 5.74) is 0. The summed E-state index contributed by atoms with van der Waals surface area (Å²) >= 11 is 3.38. The summed E-state index contributed by atoms with van der Waals surface area (Å²) in [6, 6.07) is 5.70. The molecule has 0 aliphatic heterocycles. The van der Waals surface area contributed by atoms with Gasteiger partial charge >= 0.3 is 0 Å². The Morgan fingerprint density at radius 3 is 2.46 bits per heavy atom. The highest BCUT2D eigenvalue weighted by atomic mass is 79.9. The topological polar surface area (TPSA) is 18.5 Å². The molecule has 0 atom stereocenters. The Bertz CT molecular complexity index is 284. The fourth-order valence-corrected chi connectivity index (χ4v) is 1.34. The van der Waals surface area contributed by atoms with Crippen LogP contribution in [0.5, 0.6) is 11.5 Å². The summed E-state index contributed by atoms with van der Waals surface area (Å²) in [6.07, 6.45) is 0.156. The van der Waals surface area contributed by atoms with Crippen molar-refractivity contribution in [2.75, 3.05) is 7.11 Å². The number of hydrogen-bond donors (Lipinski definition) is 0. The number of hydrogen-bond acceptors (Lipinski definition) is 2. The van der Waals surface area contributed by atoms with E-state index in [1.54, 1.807) is 7.11 Å². The summed E-state index contributed by atoms with van der Waals surface area (Å²) < 4.78 is 11.7. The van der Waals surface area contributed by atoms with Gasteiger partial charge in [0.25, 0.3) is 0 Å². The van der Waals surface area contributed by atoms with E-state index in [1.165, 1.54) is 0 Å². The molecule has 0 fully saturated rings. The average molecular weight is 245 g/mol. The van der Waals surface area contributed by atoms with E-state index in [2.05, 4.69) is 15.9 Å². The van der Waals surface area contributed by atoms with Gasteiger partial charge in [-0.3, -0.25) is 0 Å². The highest BCUT2D eigenvalue weighted by Gasteiger charge is 2.05. The monoisotopic (exact) mass is 244 g/mol. The summed E-state index contributed by atoms with van der Waals surface area (Å²) in [4.78, 5) is 0. The lowest BCUT2D eigenvalue weighted by Gasteiger charge is -2.13. The van der Waals surface area contributed by atoms with Crippen molar-refractivity contribution in [2.24, 2.45) is 0 Å². The van der Waals surface area contributed by atoms with E-state index in [9.17, 15) is 0 Å². The summed E-state index contributed by atoms with van der Waals surface area (Å²) in [5.74, 6) is 1.53. The van der Waals surface area contributed by atoms with Crippen LogP contribution >= 0.6 is 15.9 Å². The highest BCUT2D eigenvalue weighted by molar-refractivity contribution is 9.10. The first kappa shape index (κ1) is 10.4. The van der Waals surface area contributed by atoms with E-state index >= 15 is 0 Å². The first-order valence-electron chi connectivity index (χ1n) is 4.13. The van der Waals surface area contributed by atoms with Crippen LogP contribution in [0.15, 0.2) is 22.7 Å². The van der Waals surface area contributed by atoms with Gasteiger partial charge in [-0.2, -0.15) is 0 Å². The molecule has 0 unspecified atom stereocenters. The lowest BCUT2D eigenvalue weighted by Crippen LogP contribution is -2.06. The largest absolute Gasteiger partial charge is 0.493 e. The Kier molecular flexibility index (Phi) is 3.60. The summed E-state index contributed by atoms with van der Waals surface area (Å²) in [5, 5.41) is 0.